The highest BCUT2D eigenvalue weighted by Crippen LogP contribution is 2.30. The normalized spacial score (nSPS) is 25.7. The second-order valence-corrected chi connectivity index (χ2v) is 6.10. The first-order valence-electron chi connectivity index (χ1n) is 7.37. The van der Waals surface area contributed by atoms with Gasteiger partial charge in [-0.1, -0.05) is 0 Å². The third-order valence-corrected chi connectivity index (χ3v) is 4.66. The summed E-state index contributed by atoms with van der Waals surface area (Å²) in [5.41, 5.74) is 5.76. The number of methoxy groups -OCH3 is 2. The number of nitrogens with two attached hydrogens (primary N) is 1. The molecule has 2 rings (SSSR count). The highest BCUT2D eigenvalue weighted by Gasteiger charge is 2.41. The summed E-state index contributed by atoms with van der Waals surface area (Å²) in [5, 5.41) is 0. The zero-order valence-electron chi connectivity index (χ0n) is 12.6. The Morgan fingerprint density at radius 3 is 2.16 bits per heavy atom. The minimum absolute atomic E-state index is 0.241. The molecule has 0 radical (unpaired) electrons. The van der Waals surface area contributed by atoms with Crippen molar-refractivity contribution in [3.05, 3.63) is 0 Å². The summed E-state index contributed by atoms with van der Waals surface area (Å²) >= 11 is 0. The van der Waals surface area contributed by atoms with Gasteiger partial charge in [0.25, 0.3) is 0 Å². The van der Waals surface area contributed by atoms with Crippen LogP contribution in [0.25, 0.3) is 0 Å². The molecule has 0 aromatic rings. The molecule has 0 amide bonds. The van der Waals surface area contributed by atoms with Crippen LogP contribution in [0.15, 0.2) is 0 Å². The van der Waals surface area contributed by atoms with E-state index < -0.39 is 0 Å². The van der Waals surface area contributed by atoms with Crippen molar-refractivity contribution in [2.24, 2.45) is 11.7 Å². The lowest BCUT2D eigenvalue weighted by Crippen LogP contribution is -2.64. The Balaban J connectivity index is 1.89. The van der Waals surface area contributed by atoms with Gasteiger partial charge in [-0.2, -0.15) is 0 Å². The van der Waals surface area contributed by atoms with E-state index in [1.807, 2.05) is 0 Å². The minimum atomic E-state index is -0.271. The van der Waals surface area contributed by atoms with Gasteiger partial charge < -0.3 is 20.1 Å². The van der Waals surface area contributed by atoms with E-state index in [-0.39, 0.29) is 11.8 Å². The molecular formula is C14H29N3O2. The van der Waals surface area contributed by atoms with Crippen LogP contribution in [0.2, 0.25) is 0 Å². The Kier molecular flexibility index (Phi) is 5.20. The van der Waals surface area contributed by atoms with Gasteiger partial charge in [0.05, 0.1) is 5.54 Å². The van der Waals surface area contributed by atoms with Gasteiger partial charge >= 0.3 is 0 Å². The molecule has 1 aliphatic carbocycles. The maximum Gasteiger partial charge on any atom is 0.176 e. The predicted octanol–water partition coefficient (Wildman–Crippen LogP) is 0.350. The van der Waals surface area contributed by atoms with Gasteiger partial charge in [0.2, 0.25) is 0 Å². The molecule has 2 fully saturated rings. The Morgan fingerprint density at radius 2 is 1.74 bits per heavy atom. The topological polar surface area (TPSA) is 51.0 Å². The van der Waals surface area contributed by atoms with Crippen LogP contribution in [0.4, 0.5) is 0 Å². The number of hydrogen-bond donors (Lipinski definition) is 1. The van der Waals surface area contributed by atoms with E-state index in [1.165, 1.54) is 19.4 Å². The average Bonchev–Trinajstić information content (AvgIpc) is 3.24. The van der Waals surface area contributed by atoms with Crippen LogP contribution >= 0.6 is 0 Å². The predicted molar refractivity (Wildman–Crippen MR) is 76.0 cm³/mol. The molecule has 0 aromatic carbocycles. The van der Waals surface area contributed by atoms with Gasteiger partial charge in [0.1, 0.15) is 0 Å². The first-order chi connectivity index (χ1) is 9.13. The maximum atomic E-state index is 6.00. The number of nitrogens with zero attached hydrogens (tertiary/aromatic N) is 2. The van der Waals surface area contributed by atoms with Gasteiger partial charge in [0.15, 0.2) is 6.29 Å². The van der Waals surface area contributed by atoms with Gasteiger partial charge in [-0.05, 0) is 25.7 Å². The van der Waals surface area contributed by atoms with Crippen LogP contribution < -0.4 is 5.73 Å². The molecule has 1 unspecified atom stereocenters. The van der Waals surface area contributed by atoms with Crippen molar-refractivity contribution in [2.45, 2.75) is 31.6 Å². The third kappa shape index (κ3) is 3.47. The largest absolute Gasteiger partial charge is 0.354 e. The molecule has 2 N–H and O–H groups in total. The molecule has 5 nitrogen and oxygen atoms in total. The number of rotatable bonds is 7. The Labute approximate surface area is 117 Å². The van der Waals surface area contributed by atoms with E-state index in [0.717, 1.165) is 32.1 Å². The van der Waals surface area contributed by atoms with E-state index in [4.69, 9.17) is 15.2 Å². The van der Waals surface area contributed by atoms with E-state index in [1.54, 1.807) is 14.2 Å². The van der Waals surface area contributed by atoms with Crippen molar-refractivity contribution in [1.29, 1.82) is 0 Å². The van der Waals surface area contributed by atoms with E-state index in [9.17, 15) is 0 Å². The van der Waals surface area contributed by atoms with E-state index >= 15 is 0 Å². The third-order valence-electron chi connectivity index (χ3n) is 4.66. The summed E-state index contributed by atoms with van der Waals surface area (Å²) in [6.45, 7) is 8.32. The number of hydrogen-bond acceptors (Lipinski definition) is 5. The minimum Gasteiger partial charge on any atom is -0.354 e. The van der Waals surface area contributed by atoms with Crippen LogP contribution in [-0.2, 0) is 9.47 Å². The van der Waals surface area contributed by atoms with Crippen LogP contribution in [0.1, 0.15) is 19.8 Å². The molecule has 1 heterocycles. The van der Waals surface area contributed by atoms with Crippen molar-refractivity contribution < 1.29 is 9.47 Å². The fourth-order valence-electron chi connectivity index (χ4n) is 3.09. The van der Waals surface area contributed by atoms with Gasteiger partial charge in [-0.15, -0.1) is 0 Å². The standard InChI is InChI=1S/C14H29N3O2/c1-14(11-15,13(18-2)19-3)17-8-6-16(7-9-17)10-12-4-5-12/h12-13H,4-11,15H2,1-3H3. The smallest absolute Gasteiger partial charge is 0.176 e. The SMILES string of the molecule is COC(OC)C(C)(CN)N1CCN(CC2CC2)CC1. The average molecular weight is 271 g/mol. The van der Waals surface area contributed by atoms with Gasteiger partial charge in [-0.25, -0.2) is 0 Å². The van der Waals surface area contributed by atoms with Crippen LogP contribution in [-0.4, -0.2) is 75.1 Å². The molecule has 0 bridgehead atoms. The molecule has 1 atom stereocenters. The lowest BCUT2D eigenvalue weighted by atomic mass is 9.97. The number of ether oxygens (including phenoxy) is 2. The first-order valence-corrected chi connectivity index (χ1v) is 7.37. The summed E-state index contributed by atoms with van der Waals surface area (Å²) in [6, 6.07) is 0. The molecule has 1 saturated carbocycles. The zero-order valence-corrected chi connectivity index (χ0v) is 12.6. The maximum absolute atomic E-state index is 6.00. The van der Waals surface area contributed by atoms with Gasteiger partial charge in [0, 0.05) is 53.5 Å². The fraction of sp³-hybridized carbons (Fsp3) is 1.00. The highest BCUT2D eigenvalue weighted by molar-refractivity contribution is 4.94. The quantitative estimate of drug-likeness (QED) is 0.677. The summed E-state index contributed by atoms with van der Waals surface area (Å²) in [5.74, 6) is 0.971. The lowest BCUT2D eigenvalue weighted by Gasteiger charge is -2.47. The second-order valence-electron chi connectivity index (χ2n) is 6.10. The summed E-state index contributed by atoms with van der Waals surface area (Å²) in [6.07, 6.45) is 2.58. The van der Waals surface area contributed by atoms with Crippen molar-refractivity contribution in [3.8, 4) is 0 Å². The van der Waals surface area contributed by atoms with Gasteiger partial charge in [-0.3, -0.25) is 4.90 Å². The molecule has 2 aliphatic rings. The van der Waals surface area contributed by atoms with Crippen molar-refractivity contribution in [2.75, 3.05) is 53.5 Å². The lowest BCUT2D eigenvalue weighted by molar-refractivity contribution is -0.185. The summed E-state index contributed by atoms with van der Waals surface area (Å²) < 4.78 is 10.9. The molecule has 1 saturated heterocycles. The van der Waals surface area contributed by atoms with Crippen LogP contribution in [0.3, 0.4) is 0 Å². The van der Waals surface area contributed by atoms with Crippen molar-refractivity contribution in [1.82, 2.24) is 9.80 Å². The molecule has 1 aliphatic heterocycles. The molecular weight excluding hydrogens is 242 g/mol. The van der Waals surface area contributed by atoms with E-state index in [2.05, 4.69) is 16.7 Å². The van der Waals surface area contributed by atoms with Crippen LogP contribution in [0, 0.1) is 5.92 Å². The van der Waals surface area contributed by atoms with E-state index in [0.29, 0.717) is 6.54 Å². The Hall–Kier alpha value is -0.200. The van der Waals surface area contributed by atoms with Crippen molar-refractivity contribution in [3.63, 3.8) is 0 Å². The zero-order chi connectivity index (χ0) is 13.9. The first kappa shape index (κ1) is 15.2. The summed E-state index contributed by atoms with van der Waals surface area (Å²) in [7, 11) is 3.37. The second kappa shape index (κ2) is 6.50. The fourth-order valence-corrected chi connectivity index (χ4v) is 3.09. The highest BCUT2D eigenvalue weighted by atomic mass is 16.7. The summed E-state index contributed by atoms with van der Waals surface area (Å²) in [4.78, 5) is 5.01. The van der Waals surface area contributed by atoms with Crippen molar-refractivity contribution >= 4 is 0 Å². The van der Waals surface area contributed by atoms with Crippen LogP contribution in [0.5, 0.6) is 0 Å². The molecule has 0 spiro atoms. The molecule has 5 heteroatoms. The molecule has 0 aromatic heterocycles. The number of piperazine rings is 1. The Bertz CT molecular complexity index is 274. The Morgan fingerprint density at radius 1 is 1.16 bits per heavy atom. The molecule has 112 valence electrons. The monoisotopic (exact) mass is 271 g/mol. The molecule has 19 heavy (non-hydrogen) atoms.